The minimum absolute atomic E-state index is 0.0425. The summed E-state index contributed by atoms with van der Waals surface area (Å²) in [5.74, 6) is 0. The Kier molecular flexibility index (Phi) is 8.31. The maximum atomic E-state index is 9.00. The van der Waals surface area contributed by atoms with E-state index in [0.29, 0.717) is 0 Å². The van der Waals surface area contributed by atoms with Crippen LogP contribution in [0.25, 0.3) is 0 Å². The molecule has 1 atom stereocenters. The second-order valence-corrected chi connectivity index (χ2v) is 5.51. The van der Waals surface area contributed by atoms with Crippen molar-refractivity contribution in [2.24, 2.45) is 5.73 Å². The SMILES string of the molecule is CCCCN(CCCC)c1ccc(CC(N)CO)cc1. The molecular formula is C17H30N2O. The highest BCUT2D eigenvalue weighted by atomic mass is 16.3. The van der Waals surface area contributed by atoms with Crippen molar-refractivity contribution in [3.8, 4) is 0 Å². The van der Waals surface area contributed by atoms with Crippen molar-refractivity contribution in [2.45, 2.75) is 52.0 Å². The Morgan fingerprint density at radius 2 is 1.60 bits per heavy atom. The smallest absolute Gasteiger partial charge is 0.0585 e. The van der Waals surface area contributed by atoms with E-state index in [1.165, 1.54) is 36.9 Å². The summed E-state index contributed by atoms with van der Waals surface area (Å²) in [5, 5.41) is 9.00. The monoisotopic (exact) mass is 278 g/mol. The first-order valence-corrected chi connectivity index (χ1v) is 7.91. The van der Waals surface area contributed by atoms with Crippen LogP contribution in [0.15, 0.2) is 24.3 Å². The lowest BCUT2D eigenvalue weighted by Gasteiger charge is -2.25. The number of hydrogen-bond donors (Lipinski definition) is 2. The molecule has 0 aromatic heterocycles. The lowest BCUT2D eigenvalue weighted by Crippen LogP contribution is -2.27. The molecule has 0 heterocycles. The topological polar surface area (TPSA) is 49.5 Å². The van der Waals surface area contributed by atoms with Gasteiger partial charge in [-0.15, -0.1) is 0 Å². The van der Waals surface area contributed by atoms with Gasteiger partial charge in [0, 0.05) is 24.8 Å². The van der Waals surface area contributed by atoms with Crippen molar-refractivity contribution in [3.63, 3.8) is 0 Å². The number of nitrogens with two attached hydrogens (primary N) is 1. The average Bonchev–Trinajstić information content (AvgIpc) is 2.48. The molecule has 0 saturated heterocycles. The number of aliphatic hydroxyl groups excluding tert-OH is 1. The van der Waals surface area contributed by atoms with E-state index in [4.69, 9.17) is 10.8 Å². The van der Waals surface area contributed by atoms with E-state index in [-0.39, 0.29) is 12.6 Å². The van der Waals surface area contributed by atoms with Gasteiger partial charge >= 0.3 is 0 Å². The maximum absolute atomic E-state index is 9.00. The molecular weight excluding hydrogens is 248 g/mol. The Balaban J connectivity index is 2.65. The zero-order chi connectivity index (χ0) is 14.8. The summed E-state index contributed by atoms with van der Waals surface area (Å²) in [4.78, 5) is 2.47. The molecule has 3 nitrogen and oxygen atoms in total. The second-order valence-electron chi connectivity index (χ2n) is 5.51. The van der Waals surface area contributed by atoms with Gasteiger partial charge in [0.25, 0.3) is 0 Å². The van der Waals surface area contributed by atoms with Crippen LogP contribution in [-0.2, 0) is 6.42 Å². The lowest BCUT2D eigenvalue weighted by molar-refractivity contribution is 0.265. The van der Waals surface area contributed by atoms with Crippen LogP contribution < -0.4 is 10.6 Å². The Hall–Kier alpha value is -1.06. The molecule has 3 heteroatoms. The van der Waals surface area contributed by atoms with Crippen LogP contribution in [0, 0.1) is 0 Å². The lowest BCUT2D eigenvalue weighted by atomic mass is 10.1. The third-order valence-electron chi connectivity index (χ3n) is 3.60. The van der Waals surface area contributed by atoms with Gasteiger partial charge < -0.3 is 15.7 Å². The molecule has 0 saturated carbocycles. The van der Waals surface area contributed by atoms with Crippen molar-refractivity contribution < 1.29 is 5.11 Å². The molecule has 3 N–H and O–H groups in total. The first-order chi connectivity index (χ1) is 9.71. The van der Waals surface area contributed by atoms with E-state index in [1.807, 2.05) is 0 Å². The van der Waals surface area contributed by atoms with Crippen molar-refractivity contribution in [1.82, 2.24) is 0 Å². The van der Waals surface area contributed by atoms with Crippen LogP contribution in [0.5, 0.6) is 0 Å². The number of nitrogens with zero attached hydrogens (tertiary/aromatic N) is 1. The van der Waals surface area contributed by atoms with Gasteiger partial charge in [0.1, 0.15) is 0 Å². The fourth-order valence-electron chi connectivity index (χ4n) is 2.28. The zero-order valence-electron chi connectivity index (χ0n) is 13.0. The molecule has 114 valence electrons. The van der Waals surface area contributed by atoms with E-state index in [2.05, 4.69) is 43.0 Å². The van der Waals surface area contributed by atoms with E-state index < -0.39 is 0 Å². The van der Waals surface area contributed by atoms with Crippen LogP contribution in [0.2, 0.25) is 0 Å². The Bertz CT molecular complexity index is 343. The van der Waals surface area contributed by atoms with Gasteiger partial charge in [-0.1, -0.05) is 38.8 Å². The van der Waals surface area contributed by atoms with Crippen molar-refractivity contribution >= 4 is 5.69 Å². The summed E-state index contributed by atoms with van der Waals surface area (Å²) < 4.78 is 0. The van der Waals surface area contributed by atoms with E-state index in [1.54, 1.807) is 0 Å². The largest absolute Gasteiger partial charge is 0.395 e. The molecule has 0 spiro atoms. The fourth-order valence-corrected chi connectivity index (χ4v) is 2.28. The number of rotatable bonds is 10. The third-order valence-corrected chi connectivity index (χ3v) is 3.60. The summed E-state index contributed by atoms with van der Waals surface area (Å²) in [6.07, 6.45) is 5.67. The molecule has 20 heavy (non-hydrogen) atoms. The van der Waals surface area contributed by atoms with Crippen LogP contribution in [-0.4, -0.2) is 30.8 Å². The predicted molar refractivity (Wildman–Crippen MR) is 87.2 cm³/mol. The molecule has 0 bridgehead atoms. The van der Waals surface area contributed by atoms with Gasteiger partial charge in [-0.2, -0.15) is 0 Å². The quantitative estimate of drug-likeness (QED) is 0.692. The molecule has 0 radical (unpaired) electrons. The predicted octanol–water partition coefficient (Wildman–Crippen LogP) is 2.96. The standard InChI is InChI=1S/C17H30N2O/c1-3-5-11-19(12-6-4-2)17-9-7-15(8-10-17)13-16(18)14-20/h7-10,16,20H,3-6,11-14,18H2,1-2H3. The molecule has 1 unspecified atom stereocenters. The molecule has 0 aliphatic rings. The van der Waals surface area contributed by atoms with Crippen molar-refractivity contribution in [2.75, 3.05) is 24.6 Å². The Labute approximate surface area is 123 Å². The Morgan fingerprint density at radius 3 is 2.05 bits per heavy atom. The van der Waals surface area contributed by atoms with Gasteiger partial charge in [-0.3, -0.25) is 0 Å². The molecule has 0 amide bonds. The van der Waals surface area contributed by atoms with Gasteiger partial charge in [-0.25, -0.2) is 0 Å². The number of aliphatic hydroxyl groups is 1. The van der Waals surface area contributed by atoms with Crippen LogP contribution >= 0.6 is 0 Å². The highest BCUT2D eigenvalue weighted by Crippen LogP contribution is 2.17. The summed E-state index contributed by atoms with van der Waals surface area (Å²) in [6.45, 7) is 6.77. The minimum Gasteiger partial charge on any atom is -0.395 e. The van der Waals surface area contributed by atoms with Crippen LogP contribution in [0.3, 0.4) is 0 Å². The van der Waals surface area contributed by atoms with Gasteiger partial charge in [0.2, 0.25) is 0 Å². The zero-order valence-corrected chi connectivity index (χ0v) is 13.0. The fraction of sp³-hybridized carbons (Fsp3) is 0.647. The summed E-state index contributed by atoms with van der Waals surface area (Å²) >= 11 is 0. The molecule has 0 aliphatic carbocycles. The second kappa shape index (κ2) is 9.78. The summed E-state index contributed by atoms with van der Waals surface area (Å²) in [6, 6.07) is 8.48. The van der Waals surface area contributed by atoms with E-state index in [0.717, 1.165) is 19.5 Å². The molecule has 1 aromatic rings. The molecule has 0 aliphatic heterocycles. The van der Waals surface area contributed by atoms with Gasteiger partial charge in [0.15, 0.2) is 0 Å². The van der Waals surface area contributed by atoms with Gasteiger partial charge in [-0.05, 0) is 37.0 Å². The van der Waals surface area contributed by atoms with Crippen molar-refractivity contribution in [3.05, 3.63) is 29.8 Å². The number of unbranched alkanes of at least 4 members (excludes halogenated alkanes) is 2. The Morgan fingerprint density at radius 1 is 1.05 bits per heavy atom. The van der Waals surface area contributed by atoms with Crippen molar-refractivity contribution in [1.29, 1.82) is 0 Å². The summed E-state index contributed by atoms with van der Waals surface area (Å²) in [7, 11) is 0. The number of benzene rings is 1. The number of anilines is 1. The maximum Gasteiger partial charge on any atom is 0.0585 e. The molecule has 0 fully saturated rings. The van der Waals surface area contributed by atoms with Crippen LogP contribution in [0.1, 0.15) is 45.1 Å². The van der Waals surface area contributed by atoms with Gasteiger partial charge in [0.05, 0.1) is 6.61 Å². The third kappa shape index (κ3) is 5.93. The average molecular weight is 278 g/mol. The van der Waals surface area contributed by atoms with E-state index >= 15 is 0 Å². The van der Waals surface area contributed by atoms with E-state index in [9.17, 15) is 0 Å². The number of hydrogen-bond acceptors (Lipinski definition) is 3. The first-order valence-electron chi connectivity index (χ1n) is 7.91. The van der Waals surface area contributed by atoms with Crippen LogP contribution in [0.4, 0.5) is 5.69 Å². The molecule has 1 aromatic carbocycles. The molecule has 1 rings (SSSR count). The highest BCUT2D eigenvalue weighted by molar-refractivity contribution is 5.47. The summed E-state index contributed by atoms with van der Waals surface area (Å²) in [5.41, 5.74) is 8.27. The first kappa shape index (κ1) is 17.0. The highest BCUT2D eigenvalue weighted by Gasteiger charge is 2.07. The minimum atomic E-state index is -0.155. The normalized spacial score (nSPS) is 12.4.